The van der Waals surface area contributed by atoms with Gasteiger partial charge in [0, 0.05) is 11.1 Å². The summed E-state index contributed by atoms with van der Waals surface area (Å²) in [6.07, 6.45) is 0. The van der Waals surface area contributed by atoms with E-state index in [9.17, 15) is 9.18 Å². The molecule has 170 valence electrons. The van der Waals surface area contributed by atoms with Crippen molar-refractivity contribution < 1.29 is 18.7 Å². The van der Waals surface area contributed by atoms with E-state index < -0.39 is 5.60 Å². The van der Waals surface area contributed by atoms with E-state index >= 15 is 0 Å². The highest BCUT2D eigenvalue weighted by molar-refractivity contribution is 5.83. The quantitative estimate of drug-likeness (QED) is 0.410. The SMILES string of the molecule is CC(=O)C(C)(C)OCc1cc(-c2cccc(OCC(C)C)c2)n(Cc2ccccc2F)n1. The zero-order chi connectivity index (χ0) is 23.3. The molecule has 6 heteroatoms. The van der Waals surface area contributed by atoms with Crippen LogP contribution >= 0.6 is 0 Å². The molecule has 2 aromatic carbocycles. The Morgan fingerprint density at radius 2 is 1.88 bits per heavy atom. The van der Waals surface area contributed by atoms with E-state index in [0.717, 1.165) is 17.0 Å². The van der Waals surface area contributed by atoms with Crippen molar-refractivity contribution in [3.05, 3.63) is 71.7 Å². The second-order valence-electron chi connectivity index (χ2n) is 8.86. The first-order valence-corrected chi connectivity index (χ1v) is 10.8. The van der Waals surface area contributed by atoms with Crippen molar-refractivity contribution in [2.75, 3.05) is 6.61 Å². The Morgan fingerprint density at radius 1 is 1.12 bits per heavy atom. The summed E-state index contributed by atoms with van der Waals surface area (Å²) < 4.78 is 27.8. The second-order valence-corrected chi connectivity index (χ2v) is 8.86. The van der Waals surface area contributed by atoms with Crippen molar-refractivity contribution in [2.24, 2.45) is 5.92 Å². The summed E-state index contributed by atoms with van der Waals surface area (Å²) in [5.74, 6) is 0.848. The molecule has 0 saturated heterocycles. The normalized spacial score (nSPS) is 11.7. The first-order valence-electron chi connectivity index (χ1n) is 10.8. The molecule has 5 nitrogen and oxygen atoms in total. The van der Waals surface area contributed by atoms with Crippen LogP contribution < -0.4 is 4.74 Å². The van der Waals surface area contributed by atoms with E-state index in [-0.39, 0.29) is 24.8 Å². The van der Waals surface area contributed by atoms with Crippen LogP contribution in [0, 0.1) is 11.7 Å². The van der Waals surface area contributed by atoms with E-state index in [2.05, 4.69) is 18.9 Å². The van der Waals surface area contributed by atoms with Crippen LogP contribution in [0.5, 0.6) is 5.75 Å². The maximum absolute atomic E-state index is 14.3. The molecular weight excluding hydrogens is 407 g/mol. The lowest BCUT2D eigenvalue weighted by Crippen LogP contribution is -2.32. The van der Waals surface area contributed by atoms with Gasteiger partial charge in [-0.25, -0.2) is 4.39 Å². The molecule has 1 aromatic heterocycles. The molecule has 0 spiro atoms. The summed E-state index contributed by atoms with van der Waals surface area (Å²) in [5.41, 5.74) is 2.04. The van der Waals surface area contributed by atoms with Gasteiger partial charge >= 0.3 is 0 Å². The number of ether oxygens (including phenoxy) is 2. The number of ketones is 1. The Bertz CT molecular complexity index is 1070. The Kier molecular flexibility index (Phi) is 7.46. The Hall–Kier alpha value is -2.99. The number of hydrogen-bond acceptors (Lipinski definition) is 4. The first-order chi connectivity index (χ1) is 15.2. The molecule has 1 heterocycles. The van der Waals surface area contributed by atoms with E-state index in [1.54, 1.807) is 36.7 Å². The molecule has 32 heavy (non-hydrogen) atoms. The van der Waals surface area contributed by atoms with Gasteiger partial charge in [0.2, 0.25) is 0 Å². The maximum Gasteiger partial charge on any atom is 0.161 e. The molecule has 3 rings (SSSR count). The van der Waals surface area contributed by atoms with Crippen molar-refractivity contribution in [2.45, 2.75) is 53.4 Å². The molecule has 0 aliphatic carbocycles. The van der Waals surface area contributed by atoms with Gasteiger partial charge in [0.05, 0.1) is 31.1 Å². The fraction of sp³-hybridized carbons (Fsp3) is 0.385. The highest BCUT2D eigenvalue weighted by Gasteiger charge is 2.25. The molecule has 0 saturated carbocycles. The van der Waals surface area contributed by atoms with E-state index in [0.29, 0.717) is 23.8 Å². The van der Waals surface area contributed by atoms with Crippen molar-refractivity contribution in [1.29, 1.82) is 0 Å². The Labute approximate surface area is 189 Å². The molecular formula is C26H31FN2O3. The molecule has 0 fully saturated rings. The highest BCUT2D eigenvalue weighted by Crippen LogP contribution is 2.27. The molecule has 0 unspecified atom stereocenters. The van der Waals surface area contributed by atoms with Crippen molar-refractivity contribution in [3.8, 4) is 17.0 Å². The van der Waals surface area contributed by atoms with E-state index in [1.165, 1.54) is 13.0 Å². The number of benzene rings is 2. The minimum Gasteiger partial charge on any atom is -0.493 e. The molecule has 0 aliphatic heterocycles. The molecule has 0 atom stereocenters. The lowest BCUT2D eigenvalue weighted by molar-refractivity contribution is -0.139. The van der Waals surface area contributed by atoms with Gasteiger partial charge in [-0.15, -0.1) is 0 Å². The molecule has 0 radical (unpaired) electrons. The summed E-state index contributed by atoms with van der Waals surface area (Å²) >= 11 is 0. The van der Waals surface area contributed by atoms with Gasteiger partial charge < -0.3 is 9.47 Å². The lowest BCUT2D eigenvalue weighted by atomic mass is 10.1. The van der Waals surface area contributed by atoms with Crippen molar-refractivity contribution in [1.82, 2.24) is 9.78 Å². The van der Waals surface area contributed by atoms with Crippen molar-refractivity contribution >= 4 is 5.78 Å². The zero-order valence-electron chi connectivity index (χ0n) is 19.4. The first kappa shape index (κ1) is 23.7. The topological polar surface area (TPSA) is 53.4 Å². The number of nitrogens with zero attached hydrogens (tertiary/aromatic N) is 2. The van der Waals surface area contributed by atoms with Gasteiger partial charge in [0.1, 0.15) is 17.2 Å². The molecule has 0 aliphatic rings. The van der Waals surface area contributed by atoms with Crippen LogP contribution in [-0.2, 0) is 22.7 Å². The average molecular weight is 439 g/mol. The fourth-order valence-corrected chi connectivity index (χ4v) is 3.05. The van der Waals surface area contributed by atoms with E-state index in [1.807, 2.05) is 30.3 Å². The Balaban J connectivity index is 1.94. The predicted molar refractivity (Wildman–Crippen MR) is 123 cm³/mol. The predicted octanol–water partition coefficient (Wildman–Crippen LogP) is 5.66. The number of halogens is 1. The third-order valence-corrected chi connectivity index (χ3v) is 5.25. The number of carbonyl (C=O) groups is 1. The third-order valence-electron chi connectivity index (χ3n) is 5.25. The Morgan fingerprint density at radius 3 is 2.56 bits per heavy atom. The van der Waals surface area contributed by atoms with Gasteiger partial charge in [-0.1, -0.05) is 44.2 Å². The van der Waals surface area contributed by atoms with Crippen LogP contribution in [0.2, 0.25) is 0 Å². The van der Waals surface area contributed by atoms with Crippen LogP contribution in [0.4, 0.5) is 4.39 Å². The lowest BCUT2D eigenvalue weighted by Gasteiger charge is -2.21. The molecule has 0 bridgehead atoms. The number of aromatic nitrogens is 2. The number of hydrogen-bond donors (Lipinski definition) is 0. The van der Waals surface area contributed by atoms with Crippen LogP contribution in [0.1, 0.15) is 45.9 Å². The fourth-order valence-electron chi connectivity index (χ4n) is 3.05. The smallest absolute Gasteiger partial charge is 0.161 e. The van der Waals surface area contributed by atoms with Crippen LogP contribution in [0.3, 0.4) is 0 Å². The van der Waals surface area contributed by atoms with Crippen LogP contribution in [0.15, 0.2) is 54.6 Å². The minimum atomic E-state index is -0.903. The summed E-state index contributed by atoms with van der Waals surface area (Å²) in [6.45, 7) is 10.2. The zero-order valence-corrected chi connectivity index (χ0v) is 19.4. The summed E-state index contributed by atoms with van der Waals surface area (Å²) in [6, 6.07) is 16.4. The largest absolute Gasteiger partial charge is 0.493 e. The second kappa shape index (κ2) is 10.1. The van der Waals surface area contributed by atoms with Gasteiger partial charge in [-0.05, 0) is 51.0 Å². The van der Waals surface area contributed by atoms with Gasteiger partial charge in [0.25, 0.3) is 0 Å². The van der Waals surface area contributed by atoms with Gasteiger partial charge in [0.15, 0.2) is 5.78 Å². The number of carbonyl (C=O) groups excluding carboxylic acids is 1. The van der Waals surface area contributed by atoms with Gasteiger partial charge in [-0.3, -0.25) is 9.48 Å². The summed E-state index contributed by atoms with van der Waals surface area (Å²) in [5, 5.41) is 4.66. The van der Waals surface area contributed by atoms with Crippen LogP contribution in [-0.4, -0.2) is 27.8 Å². The minimum absolute atomic E-state index is 0.0569. The molecule has 0 N–H and O–H groups in total. The third kappa shape index (κ3) is 6.04. The molecule has 0 amide bonds. The van der Waals surface area contributed by atoms with Crippen LogP contribution in [0.25, 0.3) is 11.3 Å². The summed E-state index contributed by atoms with van der Waals surface area (Å²) in [4.78, 5) is 11.8. The standard InChI is InChI=1S/C26H31FN2O3/c1-18(2)16-31-23-11-8-10-20(13-23)25-14-22(17-32-26(4,5)19(3)30)28-29(25)15-21-9-6-7-12-24(21)27/h6-14,18H,15-17H2,1-5H3. The summed E-state index contributed by atoms with van der Waals surface area (Å²) in [7, 11) is 0. The monoisotopic (exact) mass is 438 g/mol. The van der Waals surface area contributed by atoms with Gasteiger partial charge in [-0.2, -0.15) is 5.10 Å². The average Bonchev–Trinajstić information content (AvgIpc) is 3.15. The number of rotatable bonds is 10. The highest BCUT2D eigenvalue weighted by atomic mass is 19.1. The van der Waals surface area contributed by atoms with E-state index in [4.69, 9.17) is 9.47 Å². The maximum atomic E-state index is 14.3. The molecule has 3 aromatic rings. The van der Waals surface area contributed by atoms with Crippen molar-refractivity contribution in [3.63, 3.8) is 0 Å². The number of Topliss-reactive ketones (excluding diaryl/α,β-unsaturated/α-hetero) is 1.